The average Bonchev–Trinajstić information content (AvgIpc) is 3.56. The Hall–Kier alpha value is -3.06. The maximum atomic E-state index is 6.91. The number of furan rings is 1. The summed E-state index contributed by atoms with van der Waals surface area (Å²) in [5, 5.41) is 5.49. The number of pyridine rings is 1. The zero-order valence-electron chi connectivity index (χ0n) is 21.9. The number of aryl methyl sites for hydroxylation is 1. The normalized spacial score (nSPS) is 19.9. The van der Waals surface area contributed by atoms with E-state index in [-0.39, 0.29) is 12.1 Å². The highest BCUT2D eigenvalue weighted by molar-refractivity contribution is 7.80. The highest BCUT2D eigenvalue weighted by Crippen LogP contribution is 2.44. The second-order valence-corrected chi connectivity index (χ2v) is 11.7. The predicted octanol–water partition coefficient (Wildman–Crippen LogP) is 8.37. The van der Waals surface area contributed by atoms with Crippen LogP contribution in [0.15, 0.2) is 77.3 Å². The van der Waals surface area contributed by atoms with E-state index < -0.39 is 0 Å². The molecule has 0 aliphatic carbocycles. The number of benzene rings is 2. The van der Waals surface area contributed by atoms with E-state index in [1.165, 1.54) is 12.8 Å². The summed E-state index contributed by atoms with van der Waals surface area (Å²) in [5.41, 5.74) is 4.92. The van der Waals surface area contributed by atoms with Crippen molar-refractivity contribution in [2.24, 2.45) is 5.92 Å². The van der Waals surface area contributed by atoms with Gasteiger partial charge < -0.3 is 19.5 Å². The number of thiocarbonyl (C=S) groups is 1. The molecule has 0 saturated carbocycles. The summed E-state index contributed by atoms with van der Waals surface area (Å²) < 4.78 is 6.53. The summed E-state index contributed by atoms with van der Waals surface area (Å²) in [6.07, 6.45) is 4.16. The van der Waals surface area contributed by atoms with Gasteiger partial charge in [0.25, 0.3) is 0 Å². The third-order valence-corrected chi connectivity index (χ3v) is 8.67. The summed E-state index contributed by atoms with van der Waals surface area (Å²) >= 11 is 19.1. The van der Waals surface area contributed by atoms with Crippen LogP contribution in [0.4, 0.5) is 11.4 Å². The Bertz CT molecular complexity index is 1500. The van der Waals surface area contributed by atoms with Gasteiger partial charge in [0.2, 0.25) is 0 Å². The first-order valence-corrected chi connectivity index (χ1v) is 14.5. The van der Waals surface area contributed by atoms with Gasteiger partial charge in [-0.3, -0.25) is 4.98 Å². The maximum absolute atomic E-state index is 6.91. The van der Waals surface area contributed by atoms with Crippen molar-refractivity contribution >= 4 is 51.9 Å². The zero-order chi connectivity index (χ0) is 27.1. The summed E-state index contributed by atoms with van der Waals surface area (Å²) in [5.74, 6) is 2.29. The number of anilines is 2. The minimum atomic E-state index is -0.265. The van der Waals surface area contributed by atoms with E-state index in [1.807, 2.05) is 54.6 Å². The topological polar surface area (TPSA) is 44.5 Å². The Morgan fingerprint density at radius 3 is 2.56 bits per heavy atom. The van der Waals surface area contributed by atoms with E-state index in [1.54, 1.807) is 6.20 Å². The average molecular weight is 578 g/mol. The summed E-state index contributed by atoms with van der Waals surface area (Å²) in [6, 6.07) is 21.5. The molecule has 2 aromatic heterocycles. The van der Waals surface area contributed by atoms with Crippen LogP contribution < -0.4 is 15.1 Å². The van der Waals surface area contributed by atoms with Gasteiger partial charge >= 0.3 is 0 Å². The Morgan fingerprint density at radius 2 is 1.82 bits per heavy atom. The van der Waals surface area contributed by atoms with E-state index in [2.05, 4.69) is 46.1 Å². The lowest BCUT2D eigenvalue weighted by Crippen LogP contribution is -2.33. The van der Waals surface area contributed by atoms with Gasteiger partial charge in [0, 0.05) is 35.6 Å². The van der Waals surface area contributed by atoms with Crippen molar-refractivity contribution in [3.63, 3.8) is 0 Å². The van der Waals surface area contributed by atoms with Crippen molar-refractivity contribution in [2.45, 2.75) is 38.8 Å². The first kappa shape index (κ1) is 26.2. The molecule has 4 aromatic rings. The quantitative estimate of drug-likeness (QED) is 0.241. The number of rotatable bonds is 5. The van der Waals surface area contributed by atoms with Crippen LogP contribution in [0.1, 0.15) is 48.9 Å². The highest BCUT2D eigenvalue weighted by Gasteiger charge is 2.43. The standard InChI is InChI=1S/C31H30Cl2N4OS/c1-19-12-15-36(16-13-19)26-9-8-22(18-24(26)33)37-30(29(35-31(37)39)25-5-3-4-14-34-25)28-11-10-27(38-28)23-17-21(32)7-6-20(23)2/h3-11,14,17-19,29-30H,12-13,15-16H2,1-2H3,(H,35,39)/t29-,30+/m0/s1. The smallest absolute Gasteiger partial charge is 0.174 e. The molecule has 0 radical (unpaired) electrons. The summed E-state index contributed by atoms with van der Waals surface area (Å²) in [4.78, 5) is 9.12. The third-order valence-electron chi connectivity index (χ3n) is 7.82. The molecule has 5 nitrogen and oxygen atoms in total. The molecule has 39 heavy (non-hydrogen) atoms. The molecule has 2 aliphatic rings. The van der Waals surface area contributed by atoms with E-state index in [0.29, 0.717) is 10.1 Å². The number of nitrogens with one attached hydrogen (secondary N) is 1. The van der Waals surface area contributed by atoms with Crippen molar-refractivity contribution in [1.82, 2.24) is 10.3 Å². The Balaban J connectivity index is 1.39. The molecule has 2 atom stereocenters. The van der Waals surface area contributed by atoms with E-state index in [0.717, 1.165) is 63.7 Å². The molecule has 8 heteroatoms. The summed E-state index contributed by atoms with van der Waals surface area (Å²) in [6.45, 7) is 6.41. The third kappa shape index (κ3) is 5.13. The maximum Gasteiger partial charge on any atom is 0.174 e. The number of nitrogens with zero attached hydrogens (tertiary/aromatic N) is 3. The zero-order valence-corrected chi connectivity index (χ0v) is 24.2. The SMILES string of the molecule is Cc1ccc(Cl)cc1-c1ccc([C@@H]2[C@H](c3ccccn3)NC(=S)N2c2ccc(N3CCC(C)CC3)c(Cl)c2)o1. The largest absolute Gasteiger partial charge is 0.459 e. The Labute approximate surface area is 244 Å². The van der Waals surface area contributed by atoms with E-state index >= 15 is 0 Å². The highest BCUT2D eigenvalue weighted by atomic mass is 35.5. The fourth-order valence-corrected chi connectivity index (χ4v) is 6.40. The molecular weight excluding hydrogens is 547 g/mol. The number of hydrogen-bond donors (Lipinski definition) is 1. The molecule has 2 aliphatic heterocycles. The lowest BCUT2D eigenvalue weighted by molar-refractivity contribution is 0.438. The first-order chi connectivity index (χ1) is 18.9. The molecule has 0 bridgehead atoms. The second kappa shape index (κ2) is 10.8. The lowest BCUT2D eigenvalue weighted by Gasteiger charge is -2.33. The monoisotopic (exact) mass is 576 g/mol. The van der Waals surface area contributed by atoms with Crippen LogP contribution in [-0.4, -0.2) is 23.2 Å². The minimum Gasteiger partial charge on any atom is -0.459 e. The van der Waals surface area contributed by atoms with Gasteiger partial charge in [-0.2, -0.15) is 0 Å². The first-order valence-electron chi connectivity index (χ1n) is 13.3. The second-order valence-electron chi connectivity index (χ2n) is 10.5. The van der Waals surface area contributed by atoms with Gasteiger partial charge in [-0.1, -0.05) is 42.3 Å². The van der Waals surface area contributed by atoms with Gasteiger partial charge in [-0.25, -0.2) is 0 Å². The van der Waals surface area contributed by atoms with Crippen LogP contribution in [0, 0.1) is 12.8 Å². The van der Waals surface area contributed by atoms with Gasteiger partial charge in [-0.05, 0) is 98.1 Å². The molecule has 2 fully saturated rings. The molecule has 6 rings (SSSR count). The van der Waals surface area contributed by atoms with Gasteiger partial charge in [-0.15, -0.1) is 0 Å². The molecule has 2 saturated heterocycles. The Kier molecular flexibility index (Phi) is 7.27. The van der Waals surface area contributed by atoms with Crippen LogP contribution in [-0.2, 0) is 0 Å². The fourth-order valence-electron chi connectivity index (χ4n) is 5.59. The summed E-state index contributed by atoms with van der Waals surface area (Å²) in [7, 11) is 0. The molecular formula is C31H30Cl2N4OS. The van der Waals surface area contributed by atoms with E-state index in [4.69, 9.17) is 39.8 Å². The van der Waals surface area contributed by atoms with Crippen LogP contribution in [0.25, 0.3) is 11.3 Å². The molecule has 2 aromatic carbocycles. The molecule has 0 spiro atoms. The number of halogens is 2. The fraction of sp³-hybridized carbons (Fsp3) is 0.290. The van der Waals surface area contributed by atoms with Crippen LogP contribution >= 0.6 is 35.4 Å². The van der Waals surface area contributed by atoms with Crippen molar-refractivity contribution < 1.29 is 4.42 Å². The van der Waals surface area contributed by atoms with Gasteiger partial charge in [0.15, 0.2) is 5.11 Å². The van der Waals surface area contributed by atoms with Crippen molar-refractivity contribution in [1.29, 1.82) is 0 Å². The van der Waals surface area contributed by atoms with Gasteiger partial charge in [0.05, 0.1) is 22.4 Å². The molecule has 1 N–H and O–H groups in total. The van der Waals surface area contributed by atoms with E-state index in [9.17, 15) is 0 Å². The van der Waals surface area contributed by atoms with Crippen molar-refractivity contribution in [3.8, 4) is 11.3 Å². The predicted molar refractivity (Wildman–Crippen MR) is 164 cm³/mol. The lowest BCUT2D eigenvalue weighted by atomic mass is 9.98. The minimum absolute atomic E-state index is 0.208. The molecule has 0 amide bonds. The van der Waals surface area contributed by atoms with Crippen molar-refractivity contribution in [2.75, 3.05) is 22.9 Å². The molecule has 4 heterocycles. The number of hydrogen-bond acceptors (Lipinski definition) is 4. The Morgan fingerprint density at radius 1 is 1.00 bits per heavy atom. The number of piperidine rings is 1. The van der Waals surface area contributed by atoms with Gasteiger partial charge in [0.1, 0.15) is 17.6 Å². The molecule has 200 valence electrons. The van der Waals surface area contributed by atoms with Crippen LogP contribution in [0.2, 0.25) is 10.0 Å². The van der Waals surface area contributed by atoms with Crippen molar-refractivity contribution in [3.05, 3.63) is 100.0 Å². The van der Waals surface area contributed by atoms with Crippen LogP contribution in [0.5, 0.6) is 0 Å². The van der Waals surface area contributed by atoms with Crippen LogP contribution in [0.3, 0.4) is 0 Å². The molecule has 0 unspecified atom stereocenters. The number of aromatic nitrogens is 1.